The second-order valence-corrected chi connectivity index (χ2v) is 14.5. The van der Waals surface area contributed by atoms with Crippen LogP contribution in [0.3, 0.4) is 0 Å². The van der Waals surface area contributed by atoms with Gasteiger partial charge in [-0.2, -0.15) is 0 Å². The highest BCUT2D eigenvalue weighted by Crippen LogP contribution is 2.68. The summed E-state index contributed by atoms with van der Waals surface area (Å²) >= 11 is 0. The smallest absolute Gasteiger partial charge is 0.0602 e. The summed E-state index contributed by atoms with van der Waals surface area (Å²) in [5.41, 5.74) is 2.78. The van der Waals surface area contributed by atoms with Crippen molar-refractivity contribution in [3.63, 3.8) is 0 Å². The molecule has 0 amide bonds. The summed E-state index contributed by atoms with van der Waals surface area (Å²) in [6, 6.07) is 21.9. The third kappa shape index (κ3) is 4.61. The summed E-state index contributed by atoms with van der Waals surface area (Å²) in [4.78, 5) is 0. The second-order valence-electron chi connectivity index (χ2n) is 14.5. The number of fused-ring (bicyclic) bond motifs is 5. The number of aliphatic hydroxyl groups is 3. The van der Waals surface area contributed by atoms with E-state index in [0.717, 1.165) is 57.8 Å². The Morgan fingerprint density at radius 2 is 1.41 bits per heavy atom. The number of rotatable bonds is 6. The second kappa shape index (κ2) is 10.6. The summed E-state index contributed by atoms with van der Waals surface area (Å²) in [6.45, 7) is 7.23. The van der Waals surface area contributed by atoms with Crippen LogP contribution in [0, 0.1) is 46.3 Å². The summed E-state index contributed by atoms with van der Waals surface area (Å²) in [5.74, 6) is 2.80. The number of hydrogen-bond donors (Lipinski definition) is 3. The van der Waals surface area contributed by atoms with Crippen LogP contribution in [0.4, 0.5) is 0 Å². The molecule has 3 nitrogen and oxygen atoms in total. The van der Waals surface area contributed by atoms with Crippen molar-refractivity contribution in [3.8, 4) is 0 Å². The highest BCUT2D eigenvalue weighted by Gasteiger charge is 2.65. The zero-order chi connectivity index (χ0) is 27.4. The minimum absolute atomic E-state index is 0.131. The molecule has 0 radical (unpaired) electrons. The van der Waals surface area contributed by atoms with Crippen molar-refractivity contribution in [1.29, 1.82) is 0 Å². The SMILES string of the molecule is C[C@H](CCC(c1ccccc1)c1ccccc1)[C@@H]1CC[C@@H]2[C@H]3[C@H](O)C[C@H]4C[C@@H](O)CC[C@]4(C)[C@@H]3C[C@@H](O)[C@]21C. The number of aliphatic hydroxyl groups excluding tert-OH is 3. The van der Waals surface area contributed by atoms with Gasteiger partial charge in [-0.05, 0) is 115 Å². The fourth-order valence-corrected chi connectivity index (χ4v) is 10.7. The van der Waals surface area contributed by atoms with E-state index in [4.69, 9.17) is 0 Å². The van der Waals surface area contributed by atoms with Gasteiger partial charge in [0.15, 0.2) is 0 Å². The van der Waals surface area contributed by atoms with Crippen molar-refractivity contribution in [3.05, 3.63) is 71.8 Å². The van der Waals surface area contributed by atoms with E-state index in [0.29, 0.717) is 35.5 Å². The molecule has 4 fully saturated rings. The lowest BCUT2D eigenvalue weighted by atomic mass is 9.43. The quantitative estimate of drug-likeness (QED) is 0.370. The molecule has 4 aliphatic carbocycles. The van der Waals surface area contributed by atoms with Crippen LogP contribution >= 0.6 is 0 Å². The van der Waals surface area contributed by atoms with E-state index in [2.05, 4.69) is 81.4 Å². The highest BCUT2D eigenvalue weighted by atomic mass is 16.3. The Balaban J connectivity index is 1.21. The van der Waals surface area contributed by atoms with Gasteiger partial charge in [0, 0.05) is 5.92 Å². The zero-order valence-corrected chi connectivity index (χ0v) is 24.3. The van der Waals surface area contributed by atoms with Gasteiger partial charge in [-0.15, -0.1) is 0 Å². The van der Waals surface area contributed by atoms with Crippen molar-refractivity contribution in [1.82, 2.24) is 0 Å². The van der Waals surface area contributed by atoms with Gasteiger partial charge in [-0.25, -0.2) is 0 Å². The lowest BCUT2D eigenvalue weighted by Crippen LogP contribution is -2.62. The van der Waals surface area contributed by atoms with Crippen molar-refractivity contribution in [2.75, 3.05) is 0 Å². The molecule has 2 aromatic rings. The minimum atomic E-state index is -0.313. The van der Waals surface area contributed by atoms with Crippen LogP contribution in [0.2, 0.25) is 0 Å². The molecule has 212 valence electrons. The average Bonchev–Trinajstić information content (AvgIpc) is 3.30. The van der Waals surface area contributed by atoms with Gasteiger partial charge in [0.05, 0.1) is 18.3 Å². The van der Waals surface area contributed by atoms with E-state index in [1.165, 1.54) is 11.1 Å². The van der Waals surface area contributed by atoms with Crippen LogP contribution in [-0.2, 0) is 0 Å². The Morgan fingerprint density at radius 1 is 0.769 bits per heavy atom. The maximum atomic E-state index is 11.9. The molecule has 2 aromatic carbocycles. The van der Waals surface area contributed by atoms with Gasteiger partial charge in [0.25, 0.3) is 0 Å². The predicted octanol–water partition coefficient (Wildman–Crippen LogP) is 7.20. The molecular weight excluding hydrogens is 480 g/mol. The van der Waals surface area contributed by atoms with Crippen molar-refractivity contribution >= 4 is 0 Å². The van der Waals surface area contributed by atoms with Gasteiger partial charge in [-0.1, -0.05) is 81.4 Å². The lowest BCUT2D eigenvalue weighted by molar-refractivity contribution is -0.207. The Bertz CT molecular complexity index is 1060. The molecule has 6 rings (SSSR count). The molecule has 4 aliphatic rings. The molecule has 0 aliphatic heterocycles. The third-order valence-electron chi connectivity index (χ3n) is 12.8. The van der Waals surface area contributed by atoms with Gasteiger partial charge in [-0.3, -0.25) is 0 Å². The van der Waals surface area contributed by atoms with Crippen LogP contribution in [0.25, 0.3) is 0 Å². The Hall–Kier alpha value is -1.68. The summed E-state index contributed by atoms with van der Waals surface area (Å²) in [7, 11) is 0. The van der Waals surface area contributed by atoms with E-state index in [1.807, 2.05) is 0 Å². The van der Waals surface area contributed by atoms with Crippen LogP contribution in [0.15, 0.2) is 60.7 Å². The summed E-state index contributed by atoms with van der Waals surface area (Å²) in [6.07, 6.45) is 8.07. The monoisotopic (exact) mass is 530 g/mol. The molecule has 39 heavy (non-hydrogen) atoms. The number of hydrogen-bond acceptors (Lipinski definition) is 3. The topological polar surface area (TPSA) is 60.7 Å². The first kappa shape index (κ1) is 27.5. The molecular formula is C36H50O3. The predicted molar refractivity (Wildman–Crippen MR) is 157 cm³/mol. The van der Waals surface area contributed by atoms with E-state index < -0.39 is 0 Å². The minimum Gasteiger partial charge on any atom is -0.393 e. The lowest BCUT2D eigenvalue weighted by Gasteiger charge is -2.63. The van der Waals surface area contributed by atoms with Gasteiger partial charge in [0.1, 0.15) is 0 Å². The molecule has 3 heteroatoms. The van der Waals surface area contributed by atoms with E-state index in [1.54, 1.807) is 0 Å². The third-order valence-corrected chi connectivity index (χ3v) is 12.8. The Labute approximate surface area is 236 Å². The van der Waals surface area contributed by atoms with Crippen molar-refractivity contribution in [2.24, 2.45) is 46.3 Å². The molecule has 3 N–H and O–H groups in total. The Morgan fingerprint density at radius 3 is 2.05 bits per heavy atom. The Kier molecular flexibility index (Phi) is 7.48. The van der Waals surface area contributed by atoms with Crippen LogP contribution in [0.1, 0.15) is 95.6 Å². The molecule has 11 atom stereocenters. The largest absolute Gasteiger partial charge is 0.393 e. The normalized spacial score (nSPS) is 42.4. The van der Waals surface area contributed by atoms with E-state index in [-0.39, 0.29) is 35.1 Å². The first-order valence-corrected chi connectivity index (χ1v) is 15.9. The molecule has 4 saturated carbocycles. The molecule has 0 heterocycles. The molecule has 0 saturated heterocycles. The maximum Gasteiger partial charge on any atom is 0.0602 e. The van der Waals surface area contributed by atoms with Gasteiger partial charge >= 0.3 is 0 Å². The van der Waals surface area contributed by atoms with Gasteiger partial charge in [0.2, 0.25) is 0 Å². The maximum absolute atomic E-state index is 11.9. The van der Waals surface area contributed by atoms with E-state index in [9.17, 15) is 15.3 Å². The molecule has 0 spiro atoms. The van der Waals surface area contributed by atoms with Crippen molar-refractivity contribution in [2.45, 2.75) is 103 Å². The fourth-order valence-electron chi connectivity index (χ4n) is 10.7. The molecule has 0 aromatic heterocycles. The number of benzene rings is 2. The van der Waals surface area contributed by atoms with Gasteiger partial charge < -0.3 is 15.3 Å². The first-order valence-electron chi connectivity index (χ1n) is 15.9. The molecule has 0 unspecified atom stereocenters. The van der Waals surface area contributed by atoms with Crippen molar-refractivity contribution < 1.29 is 15.3 Å². The average molecular weight is 531 g/mol. The standard InChI is InChI=1S/C36H50O3/c1-23(14-15-28(24-10-6-4-7-11-24)25-12-8-5-9-13-25)29-16-17-30-34-31(22-33(39)36(29,30)3)35(2)19-18-27(37)20-26(35)21-32(34)38/h4-13,23,26-34,37-39H,14-22H2,1-3H3/t23-,26-,27+,29+,30-,31-,32-,33-,34-,35+,36+/m1/s1. The van der Waals surface area contributed by atoms with E-state index >= 15 is 0 Å². The van der Waals surface area contributed by atoms with Crippen LogP contribution < -0.4 is 0 Å². The zero-order valence-electron chi connectivity index (χ0n) is 24.3. The fraction of sp³-hybridized carbons (Fsp3) is 0.667. The summed E-state index contributed by atoms with van der Waals surface area (Å²) < 4.78 is 0. The molecule has 0 bridgehead atoms. The van der Waals surface area contributed by atoms with Crippen LogP contribution in [0.5, 0.6) is 0 Å². The highest BCUT2D eigenvalue weighted by molar-refractivity contribution is 5.32. The first-order chi connectivity index (χ1) is 18.7. The summed E-state index contributed by atoms with van der Waals surface area (Å²) in [5, 5.41) is 33.9. The van der Waals surface area contributed by atoms with Crippen LogP contribution in [-0.4, -0.2) is 33.6 Å².